The third-order valence-corrected chi connectivity index (χ3v) is 5.90. The number of unbranched alkanes of at least 4 members (excludes halogenated alkanes) is 4. The summed E-state index contributed by atoms with van der Waals surface area (Å²) in [4.78, 5) is 0. The predicted octanol–water partition coefficient (Wildman–Crippen LogP) is 4.28. The zero-order valence-corrected chi connectivity index (χ0v) is 13.6. The average Bonchev–Trinajstić information content (AvgIpc) is 2.39. The van der Waals surface area contributed by atoms with Crippen molar-refractivity contribution in [2.45, 2.75) is 57.6 Å². The Bertz CT molecular complexity index is 539. The maximum atomic E-state index is 13.4. The van der Waals surface area contributed by atoms with E-state index in [2.05, 4.69) is 0 Å². The summed E-state index contributed by atoms with van der Waals surface area (Å²) in [6.07, 6.45) is 4.86. The second-order valence-electron chi connectivity index (χ2n) is 5.67. The number of sulfone groups is 1. The van der Waals surface area contributed by atoms with Crippen molar-refractivity contribution in [2.75, 3.05) is 5.75 Å². The van der Waals surface area contributed by atoms with Crippen LogP contribution in [0, 0.1) is 11.6 Å². The van der Waals surface area contributed by atoms with E-state index in [1.807, 2.05) is 0 Å². The Hall–Kier alpha value is -0.970. The van der Waals surface area contributed by atoms with E-state index < -0.39 is 21.5 Å². The van der Waals surface area contributed by atoms with Crippen molar-refractivity contribution in [1.82, 2.24) is 0 Å². The zero-order chi connectivity index (χ0) is 15.9. The van der Waals surface area contributed by atoms with Crippen LogP contribution in [-0.2, 0) is 16.3 Å². The molecule has 0 aliphatic rings. The van der Waals surface area contributed by atoms with Crippen molar-refractivity contribution >= 4 is 9.84 Å². The van der Waals surface area contributed by atoms with Crippen LogP contribution in [0.25, 0.3) is 0 Å². The van der Waals surface area contributed by atoms with Crippen molar-refractivity contribution in [3.05, 3.63) is 35.4 Å². The fourth-order valence-electron chi connectivity index (χ4n) is 2.11. The molecule has 0 spiro atoms. The van der Waals surface area contributed by atoms with Gasteiger partial charge in [0.1, 0.15) is 11.6 Å². The summed E-state index contributed by atoms with van der Waals surface area (Å²) in [6.45, 7) is 3.40. The lowest BCUT2D eigenvalue weighted by Crippen LogP contribution is -2.17. The lowest BCUT2D eigenvalue weighted by molar-refractivity contribution is 0.559. The maximum absolute atomic E-state index is 13.4. The average molecular weight is 318 g/mol. The summed E-state index contributed by atoms with van der Waals surface area (Å²) in [6, 6.07) is 3.67. The summed E-state index contributed by atoms with van der Waals surface area (Å²) in [7, 11) is -2.93. The van der Waals surface area contributed by atoms with Gasteiger partial charge in [-0.25, -0.2) is 17.2 Å². The molecule has 1 rings (SSSR count). The van der Waals surface area contributed by atoms with Crippen LogP contribution in [0.2, 0.25) is 0 Å². The predicted molar refractivity (Wildman–Crippen MR) is 82.1 cm³/mol. The van der Waals surface area contributed by atoms with E-state index >= 15 is 0 Å². The number of benzene rings is 1. The largest absolute Gasteiger partial charge is 0.229 e. The number of aryl methyl sites for hydroxylation is 1. The van der Waals surface area contributed by atoms with E-state index in [1.165, 1.54) is 12.1 Å². The molecule has 120 valence electrons. The van der Waals surface area contributed by atoms with Gasteiger partial charge in [-0.15, -0.1) is 0 Å². The molecule has 0 bridgehead atoms. The molecule has 21 heavy (non-hydrogen) atoms. The highest BCUT2D eigenvalue weighted by atomic mass is 32.2. The van der Waals surface area contributed by atoms with E-state index in [0.29, 0.717) is 18.4 Å². The van der Waals surface area contributed by atoms with Crippen LogP contribution in [0.4, 0.5) is 8.78 Å². The molecular formula is C16H24F2O2S. The molecule has 0 aliphatic heterocycles. The van der Waals surface area contributed by atoms with Gasteiger partial charge in [0, 0.05) is 6.07 Å². The zero-order valence-electron chi connectivity index (χ0n) is 12.7. The molecule has 0 unspecified atom stereocenters. The topological polar surface area (TPSA) is 34.1 Å². The summed E-state index contributed by atoms with van der Waals surface area (Å²) in [5.41, 5.74) is 0.541. The minimum absolute atomic E-state index is 0.247. The van der Waals surface area contributed by atoms with Crippen molar-refractivity contribution in [1.29, 1.82) is 0 Å². The molecule has 0 fully saturated rings. The van der Waals surface area contributed by atoms with Gasteiger partial charge in [-0.1, -0.05) is 25.3 Å². The van der Waals surface area contributed by atoms with Crippen molar-refractivity contribution in [3.8, 4) is 0 Å². The van der Waals surface area contributed by atoms with Crippen LogP contribution < -0.4 is 0 Å². The van der Waals surface area contributed by atoms with E-state index in [4.69, 9.17) is 0 Å². The fourth-order valence-corrected chi connectivity index (χ4v) is 3.19. The molecule has 0 atom stereocenters. The van der Waals surface area contributed by atoms with Crippen molar-refractivity contribution in [2.24, 2.45) is 0 Å². The minimum Gasteiger partial charge on any atom is -0.229 e. The van der Waals surface area contributed by atoms with Crippen LogP contribution in [0.5, 0.6) is 0 Å². The van der Waals surface area contributed by atoms with Gasteiger partial charge < -0.3 is 0 Å². The van der Waals surface area contributed by atoms with Crippen molar-refractivity contribution < 1.29 is 17.2 Å². The first-order valence-electron chi connectivity index (χ1n) is 7.48. The highest BCUT2D eigenvalue weighted by molar-refractivity contribution is 7.91. The third kappa shape index (κ3) is 6.55. The molecule has 1 aromatic carbocycles. The van der Waals surface area contributed by atoms with Gasteiger partial charge in [-0.2, -0.15) is 0 Å². The molecule has 0 amide bonds. The summed E-state index contributed by atoms with van der Waals surface area (Å²) < 4.78 is 49.3. The van der Waals surface area contributed by atoms with Crippen molar-refractivity contribution in [3.63, 3.8) is 0 Å². The molecule has 0 aliphatic carbocycles. The quantitative estimate of drug-likeness (QED) is 0.637. The molecule has 0 aromatic heterocycles. The number of rotatable bonds is 9. The lowest BCUT2D eigenvalue weighted by Gasteiger charge is -2.07. The highest BCUT2D eigenvalue weighted by Gasteiger charge is 2.14. The Kier molecular flexibility index (Phi) is 7.29. The SMILES string of the molecule is CC(C)S(=O)(=O)CCCCCCCc1ccc(F)cc1F. The van der Waals surface area contributed by atoms with Crippen LogP contribution in [0.3, 0.4) is 0 Å². The Labute approximate surface area is 126 Å². The molecule has 0 saturated heterocycles. The molecule has 2 nitrogen and oxygen atoms in total. The maximum Gasteiger partial charge on any atom is 0.152 e. The van der Waals surface area contributed by atoms with Gasteiger partial charge in [0.05, 0.1) is 11.0 Å². The summed E-state index contributed by atoms with van der Waals surface area (Å²) in [5, 5.41) is -0.307. The Balaban J connectivity index is 2.15. The number of halogens is 2. The Morgan fingerprint density at radius 2 is 1.62 bits per heavy atom. The van der Waals surface area contributed by atoms with Gasteiger partial charge >= 0.3 is 0 Å². The first-order valence-corrected chi connectivity index (χ1v) is 9.20. The molecular weight excluding hydrogens is 294 g/mol. The first-order chi connectivity index (χ1) is 9.83. The molecule has 1 aromatic rings. The second-order valence-corrected chi connectivity index (χ2v) is 8.35. The number of hydrogen-bond acceptors (Lipinski definition) is 2. The summed E-state index contributed by atoms with van der Waals surface area (Å²) in [5.74, 6) is -0.794. The highest BCUT2D eigenvalue weighted by Crippen LogP contribution is 2.14. The Morgan fingerprint density at radius 3 is 2.24 bits per heavy atom. The van der Waals surface area contributed by atoms with Gasteiger partial charge in [-0.3, -0.25) is 0 Å². The fraction of sp³-hybridized carbons (Fsp3) is 0.625. The van der Waals surface area contributed by atoms with Crippen LogP contribution in [0.1, 0.15) is 51.5 Å². The minimum atomic E-state index is -2.93. The van der Waals surface area contributed by atoms with Gasteiger partial charge in [0.15, 0.2) is 9.84 Å². The lowest BCUT2D eigenvalue weighted by atomic mass is 10.1. The van der Waals surface area contributed by atoms with E-state index in [0.717, 1.165) is 31.7 Å². The Morgan fingerprint density at radius 1 is 1.00 bits per heavy atom. The van der Waals surface area contributed by atoms with E-state index in [1.54, 1.807) is 13.8 Å². The van der Waals surface area contributed by atoms with Gasteiger partial charge in [0.25, 0.3) is 0 Å². The number of hydrogen-bond donors (Lipinski definition) is 0. The van der Waals surface area contributed by atoms with Gasteiger partial charge in [0.2, 0.25) is 0 Å². The van der Waals surface area contributed by atoms with Crippen LogP contribution >= 0.6 is 0 Å². The molecule has 0 heterocycles. The normalized spacial score (nSPS) is 12.0. The standard InChI is InChI=1S/C16H24F2O2S/c1-13(2)21(19,20)11-7-5-3-4-6-8-14-9-10-15(17)12-16(14)18/h9-10,12-13H,3-8,11H2,1-2H3. The molecule has 0 saturated carbocycles. The second kappa shape index (κ2) is 8.47. The van der Waals surface area contributed by atoms with Crippen LogP contribution in [0.15, 0.2) is 18.2 Å². The monoisotopic (exact) mass is 318 g/mol. The van der Waals surface area contributed by atoms with E-state index in [-0.39, 0.29) is 11.0 Å². The third-order valence-electron chi connectivity index (χ3n) is 3.61. The summed E-state index contributed by atoms with van der Waals surface area (Å²) >= 11 is 0. The van der Waals surface area contributed by atoms with E-state index in [9.17, 15) is 17.2 Å². The molecule has 5 heteroatoms. The van der Waals surface area contributed by atoms with Crippen LogP contribution in [-0.4, -0.2) is 19.4 Å². The molecule has 0 N–H and O–H groups in total. The smallest absolute Gasteiger partial charge is 0.152 e. The first kappa shape index (κ1) is 18.1. The van der Waals surface area contributed by atoms with Gasteiger partial charge in [-0.05, 0) is 44.7 Å². The molecule has 0 radical (unpaired) electrons.